The summed E-state index contributed by atoms with van der Waals surface area (Å²) in [6.45, 7) is 2.03. The van der Waals surface area contributed by atoms with Crippen LogP contribution in [0.3, 0.4) is 0 Å². The lowest BCUT2D eigenvalue weighted by Gasteiger charge is -2.10. The van der Waals surface area contributed by atoms with E-state index in [1.807, 2.05) is 6.92 Å². The Kier molecular flexibility index (Phi) is 4.37. The summed E-state index contributed by atoms with van der Waals surface area (Å²) < 4.78 is 0. The Hall–Kier alpha value is 0.0900. The third-order valence-corrected chi connectivity index (χ3v) is 2.84. The zero-order valence-electron chi connectivity index (χ0n) is 7.41. The molecule has 1 rings (SSSR count). The third-order valence-electron chi connectivity index (χ3n) is 2.00. The molecule has 13 heavy (non-hydrogen) atoms. The van der Waals surface area contributed by atoms with Crippen LogP contribution in [0, 0.1) is 6.92 Å². The minimum absolute atomic E-state index is 0.477. The van der Waals surface area contributed by atoms with E-state index < -0.39 is 0 Å². The monoisotopic (exact) mass is 236 g/mol. The molecule has 0 atom stereocenters. The van der Waals surface area contributed by atoms with Gasteiger partial charge in [-0.1, -0.05) is 17.7 Å². The van der Waals surface area contributed by atoms with Gasteiger partial charge in [-0.2, -0.15) is 0 Å². The summed E-state index contributed by atoms with van der Waals surface area (Å²) in [5.74, 6) is 1.46. The average Bonchev–Trinajstić information content (AvgIpc) is 2.16. The van der Waals surface area contributed by atoms with Crippen LogP contribution >= 0.6 is 34.8 Å². The van der Waals surface area contributed by atoms with Crippen molar-refractivity contribution >= 4 is 34.8 Å². The van der Waals surface area contributed by atoms with Gasteiger partial charge < -0.3 is 0 Å². The Morgan fingerprint density at radius 2 is 1.38 bits per heavy atom. The van der Waals surface area contributed by atoms with Gasteiger partial charge in [-0.15, -0.1) is 34.8 Å². The smallest absolute Gasteiger partial charge is 0.0480 e. The lowest BCUT2D eigenvalue weighted by Crippen LogP contribution is -1.96. The molecule has 0 nitrogen and oxygen atoms in total. The lowest BCUT2D eigenvalue weighted by molar-refractivity contribution is 1.17. The Balaban J connectivity index is 3.25. The minimum atomic E-state index is 0.477. The highest BCUT2D eigenvalue weighted by atomic mass is 35.5. The van der Waals surface area contributed by atoms with Crippen LogP contribution in [0.25, 0.3) is 0 Å². The van der Waals surface area contributed by atoms with Gasteiger partial charge in [0.25, 0.3) is 0 Å². The fourth-order valence-electron chi connectivity index (χ4n) is 1.38. The zero-order chi connectivity index (χ0) is 9.84. The first-order valence-corrected chi connectivity index (χ1v) is 5.62. The van der Waals surface area contributed by atoms with Crippen molar-refractivity contribution in [3.8, 4) is 0 Å². The van der Waals surface area contributed by atoms with E-state index in [9.17, 15) is 0 Å². The van der Waals surface area contributed by atoms with Crippen molar-refractivity contribution in [1.82, 2.24) is 0 Å². The summed E-state index contributed by atoms with van der Waals surface area (Å²) in [7, 11) is 0. The van der Waals surface area contributed by atoms with Crippen LogP contribution in [-0.2, 0) is 17.6 Å². The van der Waals surface area contributed by atoms with Crippen molar-refractivity contribution in [2.24, 2.45) is 0 Å². The van der Waals surface area contributed by atoms with Gasteiger partial charge in [-0.3, -0.25) is 0 Å². The molecule has 1 aromatic rings. The van der Waals surface area contributed by atoms with E-state index >= 15 is 0 Å². The molecule has 0 bridgehead atoms. The molecule has 0 aromatic heterocycles. The summed E-state index contributed by atoms with van der Waals surface area (Å²) >= 11 is 17.4. The van der Waals surface area contributed by atoms with Gasteiger partial charge in [-0.25, -0.2) is 0 Å². The summed E-state index contributed by atoms with van der Waals surface area (Å²) in [4.78, 5) is 0. The fourth-order valence-corrected chi connectivity index (χ4v) is 2.20. The minimum Gasteiger partial charge on any atom is -0.122 e. The summed E-state index contributed by atoms with van der Waals surface area (Å²) in [6, 6.07) is 4.11. The molecule has 0 fully saturated rings. The van der Waals surface area contributed by atoms with Crippen LogP contribution < -0.4 is 0 Å². The highest BCUT2D eigenvalue weighted by molar-refractivity contribution is 6.19. The summed E-state index contributed by atoms with van der Waals surface area (Å²) in [6.07, 6.45) is 0. The van der Waals surface area contributed by atoms with Crippen molar-refractivity contribution in [3.63, 3.8) is 0 Å². The van der Waals surface area contributed by atoms with Crippen LogP contribution in [0.5, 0.6) is 0 Å². The number of hydrogen-bond acceptors (Lipinski definition) is 0. The highest BCUT2D eigenvalue weighted by Crippen LogP contribution is 2.22. The van der Waals surface area contributed by atoms with Crippen LogP contribution in [0.1, 0.15) is 22.3 Å². The molecule has 0 radical (unpaired) electrons. The molecular formula is C10H11Cl3. The molecule has 0 saturated heterocycles. The van der Waals surface area contributed by atoms with Gasteiger partial charge in [0.05, 0.1) is 0 Å². The number of hydrogen-bond donors (Lipinski definition) is 0. The summed E-state index contributed by atoms with van der Waals surface area (Å²) in [5, 5.41) is 0. The number of halogens is 3. The van der Waals surface area contributed by atoms with E-state index in [1.165, 1.54) is 5.56 Å². The third kappa shape index (κ3) is 2.52. The van der Waals surface area contributed by atoms with E-state index in [0.717, 1.165) is 16.7 Å². The quantitative estimate of drug-likeness (QED) is 0.691. The second kappa shape index (κ2) is 5.09. The molecule has 0 aliphatic rings. The van der Waals surface area contributed by atoms with Gasteiger partial charge in [0.2, 0.25) is 0 Å². The van der Waals surface area contributed by atoms with E-state index in [4.69, 9.17) is 34.8 Å². The SMILES string of the molecule is Cc1cc(CCl)c(CCl)c(CCl)c1. The number of benzene rings is 1. The molecule has 72 valence electrons. The van der Waals surface area contributed by atoms with Gasteiger partial charge in [0.1, 0.15) is 0 Å². The first-order valence-electron chi connectivity index (χ1n) is 4.02. The Morgan fingerprint density at radius 1 is 0.923 bits per heavy atom. The average molecular weight is 238 g/mol. The molecule has 3 heteroatoms. The van der Waals surface area contributed by atoms with Gasteiger partial charge in [0.15, 0.2) is 0 Å². The maximum atomic E-state index is 5.83. The number of alkyl halides is 3. The fraction of sp³-hybridized carbons (Fsp3) is 0.400. The second-order valence-corrected chi connectivity index (χ2v) is 3.76. The maximum absolute atomic E-state index is 5.83. The molecule has 1 aromatic carbocycles. The van der Waals surface area contributed by atoms with E-state index in [1.54, 1.807) is 0 Å². The zero-order valence-corrected chi connectivity index (χ0v) is 9.68. The molecule has 0 saturated carbocycles. The first kappa shape index (κ1) is 11.2. The van der Waals surface area contributed by atoms with E-state index in [2.05, 4.69) is 12.1 Å². The Morgan fingerprint density at radius 3 is 1.69 bits per heavy atom. The Bertz CT molecular complexity index is 269. The van der Waals surface area contributed by atoms with Crippen LogP contribution in [-0.4, -0.2) is 0 Å². The normalized spacial score (nSPS) is 10.5. The standard InChI is InChI=1S/C10H11Cl3/c1-7-2-8(4-11)10(6-13)9(3-7)5-12/h2-3H,4-6H2,1H3. The number of rotatable bonds is 3. The predicted octanol–water partition coefficient (Wildman–Crippen LogP) is 4.21. The van der Waals surface area contributed by atoms with Crippen LogP contribution in [0.4, 0.5) is 0 Å². The van der Waals surface area contributed by atoms with E-state index in [0.29, 0.717) is 17.6 Å². The van der Waals surface area contributed by atoms with Crippen molar-refractivity contribution in [2.45, 2.75) is 24.6 Å². The maximum Gasteiger partial charge on any atom is 0.0480 e. The predicted molar refractivity (Wildman–Crippen MR) is 59.9 cm³/mol. The van der Waals surface area contributed by atoms with Crippen molar-refractivity contribution in [3.05, 3.63) is 34.4 Å². The van der Waals surface area contributed by atoms with Gasteiger partial charge >= 0.3 is 0 Å². The highest BCUT2D eigenvalue weighted by Gasteiger charge is 2.07. The van der Waals surface area contributed by atoms with Crippen molar-refractivity contribution < 1.29 is 0 Å². The molecule has 0 spiro atoms. The van der Waals surface area contributed by atoms with Gasteiger partial charge in [0, 0.05) is 17.6 Å². The summed E-state index contributed by atoms with van der Waals surface area (Å²) in [5.41, 5.74) is 4.44. The molecule has 0 unspecified atom stereocenters. The van der Waals surface area contributed by atoms with Crippen LogP contribution in [0.2, 0.25) is 0 Å². The Labute approximate surface area is 93.8 Å². The lowest BCUT2D eigenvalue weighted by atomic mass is 10.0. The first-order chi connectivity index (χ1) is 6.22. The largest absolute Gasteiger partial charge is 0.122 e. The van der Waals surface area contributed by atoms with Crippen LogP contribution in [0.15, 0.2) is 12.1 Å². The topological polar surface area (TPSA) is 0 Å². The molecule has 0 N–H and O–H groups in total. The van der Waals surface area contributed by atoms with Gasteiger partial charge in [-0.05, 0) is 23.6 Å². The number of aryl methyl sites for hydroxylation is 1. The van der Waals surface area contributed by atoms with Crippen molar-refractivity contribution in [1.29, 1.82) is 0 Å². The molecule has 0 heterocycles. The second-order valence-electron chi connectivity index (χ2n) is 2.96. The molecule has 0 aliphatic heterocycles. The molecular weight excluding hydrogens is 226 g/mol. The molecule has 0 amide bonds. The van der Waals surface area contributed by atoms with Crippen molar-refractivity contribution in [2.75, 3.05) is 0 Å². The molecule has 0 aliphatic carbocycles. The van der Waals surface area contributed by atoms with E-state index in [-0.39, 0.29) is 0 Å².